The largest absolute Gasteiger partial charge is 0.494 e. The van der Waals surface area contributed by atoms with Crippen LogP contribution in [0.25, 0.3) is 12.2 Å². The molecule has 0 aliphatic carbocycles. The molecule has 116 valence electrons. The normalized spacial score (nSPS) is 11.0. The molecule has 0 saturated carbocycles. The molecule has 0 saturated heterocycles. The van der Waals surface area contributed by atoms with Gasteiger partial charge in [-0.1, -0.05) is 30.7 Å². The van der Waals surface area contributed by atoms with Crippen LogP contribution in [0.15, 0.2) is 48.7 Å². The first-order valence-electron chi connectivity index (χ1n) is 7.81. The van der Waals surface area contributed by atoms with E-state index in [4.69, 9.17) is 9.84 Å². The van der Waals surface area contributed by atoms with Gasteiger partial charge in [-0.2, -0.15) is 0 Å². The van der Waals surface area contributed by atoms with Gasteiger partial charge in [0.2, 0.25) is 0 Å². The third kappa shape index (κ3) is 6.10. The number of hydrogen-bond acceptors (Lipinski definition) is 3. The maximum absolute atomic E-state index is 8.70. The predicted octanol–water partition coefficient (Wildman–Crippen LogP) is 4.18. The van der Waals surface area contributed by atoms with Gasteiger partial charge in [-0.05, 0) is 55.2 Å². The van der Waals surface area contributed by atoms with Crippen LogP contribution in [0.5, 0.6) is 5.75 Å². The third-order valence-corrected chi connectivity index (χ3v) is 3.34. The van der Waals surface area contributed by atoms with Gasteiger partial charge in [0.05, 0.1) is 12.3 Å². The van der Waals surface area contributed by atoms with Crippen LogP contribution in [0.2, 0.25) is 0 Å². The fraction of sp³-hybridized carbons (Fsp3) is 0.316. The number of aliphatic hydroxyl groups excluding tert-OH is 1. The SMILES string of the molecule is OCCCCCCOc1ccc(C=Cc2ccccn2)cc1. The molecule has 2 aromatic rings. The average molecular weight is 297 g/mol. The lowest BCUT2D eigenvalue weighted by Gasteiger charge is -2.06. The van der Waals surface area contributed by atoms with E-state index in [1.807, 2.05) is 54.6 Å². The summed E-state index contributed by atoms with van der Waals surface area (Å²) in [5, 5.41) is 8.70. The minimum Gasteiger partial charge on any atom is -0.494 e. The van der Waals surface area contributed by atoms with E-state index >= 15 is 0 Å². The van der Waals surface area contributed by atoms with Gasteiger partial charge < -0.3 is 9.84 Å². The number of rotatable bonds is 9. The Kier molecular flexibility index (Phi) is 7.19. The Hall–Kier alpha value is -2.13. The van der Waals surface area contributed by atoms with Crippen molar-refractivity contribution in [3.05, 3.63) is 59.9 Å². The molecule has 3 nitrogen and oxygen atoms in total. The van der Waals surface area contributed by atoms with E-state index in [-0.39, 0.29) is 6.61 Å². The van der Waals surface area contributed by atoms with Crippen molar-refractivity contribution < 1.29 is 9.84 Å². The lowest BCUT2D eigenvalue weighted by molar-refractivity contribution is 0.273. The van der Waals surface area contributed by atoms with E-state index in [1.54, 1.807) is 6.20 Å². The molecule has 0 spiro atoms. The number of nitrogens with zero attached hydrogens (tertiary/aromatic N) is 1. The van der Waals surface area contributed by atoms with Gasteiger partial charge in [-0.15, -0.1) is 0 Å². The monoisotopic (exact) mass is 297 g/mol. The fourth-order valence-corrected chi connectivity index (χ4v) is 2.09. The van der Waals surface area contributed by atoms with Crippen LogP contribution in [0.4, 0.5) is 0 Å². The second kappa shape index (κ2) is 9.74. The topological polar surface area (TPSA) is 42.4 Å². The smallest absolute Gasteiger partial charge is 0.119 e. The van der Waals surface area contributed by atoms with Gasteiger partial charge in [0, 0.05) is 12.8 Å². The molecular weight excluding hydrogens is 274 g/mol. The number of ether oxygens (including phenoxy) is 1. The van der Waals surface area contributed by atoms with Gasteiger partial charge in [0.25, 0.3) is 0 Å². The summed E-state index contributed by atoms with van der Waals surface area (Å²) < 4.78 is 5.71. The molecule has 1 aromatic carbocycles. The molecule has 0 aliphatic rings. The van der Waals surface area contributed by atoms with Gasteiger partial charge in [0.15, 0.2) is 0 Å². The molecule has 0 fully saturated rings. The van der Waals surface area contributed by atoms with Crippen molar-refractivity contribution in [3.63, 3.8) is 0 Å². The first-order valence-corrected chi connectivity index (χ1v) is 7.81. The molecule has 1 aromatic heterocycles. The van der Waals surface area contributed by atoms with Crippen molar-refractivity contribution in [2.75, 3.05) is 13.2 Å². The van der Waals surface area contributed by atoms with Gasteiger partial charge in [-0.25, -0.2) is 0 Å². The van der Waals surface area contributed by atoms with Crippen molar-refractivity contribution >= 4 is 12.2 Å². The van der Waals surface area contributed by atoms with Crippen LogP contribution in [-0.2, 0) is 0 Å². The number of benzene rings is 1. The Bertz CT molecular complexity index is 549. The molecular formula is C19H23NO2. The molecule has 0 radical (unpaired) electrons. The maximum Gasteiger partial charge on any atom is 0.119 e. The zero-order chi connectivity index (χ0) is 15.5. The van der Waals surface area contributed by atoms with Gasteiger partial charge >= 0.3 is 0 Å². The maximum atomic E-state index is 8.70. The highest BCUT2D eigenvalue weighted by Crippen LogP contribution is 2.15. The van der Waals surface area contributed by atoms with Crippen molar-refractivity contribution in [3.8, 4) is 5.75 Å². The zero-order valence-corrected chi connectivity index (χ0v) is 12.8. The van der Waals surface area contributed by atoms with Crippen molar-refractivity contribution in [1.29, 1.82) is 0 Å². The summed E-state index contributed by atoms with van der Waals surface area (Å²) in [6, 6.07) is 13.9. The van der Waals surface area contributed by atoms with Crippen LogP contribution < -0.4 is 4.74 Å². The van der Waals surface area contributed by atoms with Crippen LogP contribution in [0.1, 0.15) is 36.9 Å². The quantitative estimate of drug-likeness (QED) is 0.706. The fourth-order valence-electron chi connectivity index (χ4n) is 2.09. The minimum atomic E-state index is 0.286. The van der Waals surface area contributed by atoms with E-state index < -0.39 is 0 Å². The molecule has 3 heteroatoms. The molecule has 0 bridgehead atoms. The van der Waals surface area contributed by atoms with E-state index in [0.29, 0.717) is 0 Å². The summed E-state index contributed by atoms with van der Waals surface area (Å²) >= 11 is 0. The Morgan fingerprint density at radius 2 is 1.73 bits per heavy atom. The number of unbranched alkanes of at least 4 members (excludes halogenated alkanes) is 3. The highest BCUT2D eigenvalue weighted by atomic mass is 16.5. The molecule has 2 rings (SSSR count). The van der Waals surface area contributed by atoms with E-state index in [2.05, 4.69) is 4.98 Å². The number of pyridine rings is 1. The first kappa shape index (κ1) is 16.2. The standard InChI is InChI=1S/C19H23NO2/c21-15-5-1-2-6-16-22-19-12-9-17(10-13-19)8-11-18-7-3-4-14-20-18/h3-4,7-14,21H,1-2,5-6,15-16H2. The third-order valence-electron chi connectivity index (χ3n) is 3.34. The van der Waals surface area contributed by atoms with Gasteiger partial charge in [0.1, 0.15) is 5.75 Å². The van der Waals surface area contributed by atoms with E-state index in [1.165, 1.54) is 0 Å². The lowest BCUT2D eigenvalue weighted by atomic mass is 10.2. The number of aliphatic hydroxyl groups is 1. The summed E-state index contributed by atoms with van der Waals surface area (Å²) in [5.41, 5.74) is 2.08. The van der Waals surface area contributed by atoms with Crippen LogP contribution >= 0.6 is 0 Å². The lowest BCUT2D eigenvalue weighted by Crippen LogP contribution is -1.97. The highest BCUT2D eigenvalue weighted by Gasteiger charge is 1.95. The Morgan fingerprint density at radius 1 is 0.909 bits per heavy atom. The summed E-state index contributed by atoms with van der Waals surface area (Å²) in [6.07, 6.45) is 9.91. The van der Waals surface area contributed by atoms with Gasteiger partial charge in [-0.3, -0.25) is 4.98 Å². The molecule has 0 unspecified atom stereocenters. The number of aromatic nitrogens is 1. The van der Waals surface area contributed by atoms with E-state index in [0.717, 1.165) is 49.3 Å². The second-order valence-electron chi connectivity index (χ2n) is 5.14. The average Bonchev–Trinajstić information content (AvgIpc) is 2.58. The molecule has 1 N–H and O–H groups in total. The highest BCUT2D eigenvalue weighted by molar-refractivity contribution is 5.68. The molecule has 0 atom stereocenters. The van der Waals surface area contributed by atoms with E-state index in [9.17, 15) is 0 Å². The predicted molar refractivity (Wildman–Crippen MR) is 90.7 cm³/mol. The van der Waals surface area contributed by atoms with Crippen LogP contribution in [0.3, 0.4) is 0 Å². The summed E-state index contributed by atoms with van der Waals surface area (Å²) in [7, 11) is 0. The Balaban J connectivity index is 1.74. The molecule has 0 amide bonds. The van der Waals surface area contributed by atoms with Crippen molar-refractivity contribution in [1.82, 2.24) is 4.98 Å². The van der Waals surface area contributed by atoms with Crippen LogP contribution in [-0.4, -0.2) is 23.3 Å². The Labute approximate surface area is 132 Å². The Morgan fingerprint density at radius 3 is 2.45 bits per heavy atom. The summed E-state index contributed by atoms with van der Waals surface area (Å²) in [5.74, 6) is 0.900. The second-order valence-corrected chi connectivity index (χ2v) is 5.14. The minimum absolute atomic E-state index is 0.286. The summed E-state index contributed by atoms with van der Waals surface area (Å²) in [4.78, 5) is 4.26. The molecule has 22 heavy (non-hydrogen) atoms. The molecule has 1 heterocycles. The first-order chi connectivity index (χ1) is 10.9. The number of hydrogen-bond donors (Lipinski definition) is 1. The zero-order valence-electron chi connectivity index (χ0n) is 12.8. The molecule has 0 aliphatic heterocycles. The van der Waals surface area contributed by atoms with Crippen LogP contribution in [0, 0.1) is 0 Å². The van der Waals surface area contributed by atoms with Crippen molar-refractivity contribution in [2.45, 2.75) is 25.7 Å². The van der Waals surface area contributed by atoms with Crippen molar-refractivity contribution in [2.24, 2.45) is 0 Å². The summed E-state index contributed by atoms with van der Waals surface area (Å²) in [6.45, 7) is 1.02.